The van der Waals surface area contributed by atoms with Crippen molar-refractivity contribution < 1.29 is 9.50 Å². The Morgan fingerprint density at radius 2 is 1.94 bits per heavy atom. The van der Waals surface area contributed by atoms with Crippen molar-refractivity contribution in [2.45, 2.75) is 0 Å². The molecular weight excluding hydrogens is 219 g/mol. The SMILES string of the molecule is Oc1cccc2c(-c3cccc(F)c3)n[nH]c12. The minimum atomic E-state index is -0.307. The summed E-state index contributed by atoms with van der Waals surface area (Å²) in [4.78, 5) is 0. The number of hydrogen-bond acceptors (Lipinski definition) is 2. The Morgan fingerprint density at radius 1 is 1.12 bits per heavy atom. The van der Waals surface area contributed by atoms with Gasteiger partial charge in [-0.2, -0.15) is 5.10 Å². The van der Waals surface area contributed by atoms with E-state index in [9.17, 15) is 9.50 Å². The molecular formula is C13H9FN2O. The number of fused-ring (bicyclic) bond motifs is 1. The quantitative estimate of drug-likeness (QED) is 0.672. The first-order chi connectivity index (χ1) is 8.25. The molecule has 17 heavy (non-hydrogen) atoms. The minimum Gasteiger partial charge on any atom is -0.506 e. The molecule has 0 radical (unpaired) electrons. The molecule has 0 saturated carbocycles. The smallest absolute Gasteiger partial charge is 0.141 e. The lowest BCUT2D eigenvalue weighted by Gasteiger charge is -1.98. The van der Waals surface area contributed by atoms with Crippen molar-refractivity contribution >= 4 is 10.9 Å². The van der Waals surface area contributed by atoms with E-state index in [1.165, 1.54) is 12.1 Å². The monoisotopic (exact) mass is 228 g/mol. The summed E-state index contributed by atoms with van der Waals surface area (Å²) in [5, 5.41) is 17.3. The number of aromatic hydroxyl groups is 1. The summed E-state index contributed by atoms with van der Waals surface area (Å²) in [5.74, 6) is -0.170. The molecule has 1 aromatic heterocycles. The molecule has 3 nitrogen and oxygen atoms in total. The highest BCUT2D eigenvalue weighted by Crippen LogP contribution is 2.30. The lowest BCUT2D eigenvalue weighted by atomic mass is 10.1. The van der Waals surface area contributed by atoms with Crippen LogP contribution in [-0.4, -0.2) is 15.3 Å². The van der Waals surface area contributed by atoms with Crippen molar-refractivity contribution in [3.8, 4) is 17.0 Å². The van der Waals surface area contributed by atoms with E-state index in [4.69, 9.17) is 0 Å². The highest BCUT2D eigenvalue weighted by molar-refractivity contribution is 5.95. The molecule has 0 aliphatic heterocycles. The van der Waals surface area contributed by atoms with Crippen LogP contribution in [0.15, 0.2) is 42.5 Å². The molecule has 0 saturated heterocycles. The number of nitrogens with zero attached hydrogens (tertiary/aromatic N) is 1. The van der Waals surface area contributed by atoms with Gasteiger partial charge in [0.15, 0.2) is 0 Å². The van der Waals surface area contributed by atoms with Crippen molar-refractivity contribution in [2.75, 3.05) is 0 Å². The Labute approximate surface area is 96.5 Å². The van der Waals surface area contributed by atoms with Gasteiger partial charge in [0, 0.05) is 10.9 Å². The van der Waals surface area contributed by atoms with Gasteiger partial charge in [-0.25, -0.2) is 4.39 Å². The van der Waals surface area contributed by atoms with Crippen LogP contribution in [0.3, 0.4) is 0 Å². The molecule has 0 aliphatic rings. The summed E-state index contributed by atoms with van der Waals surface area (Å²) in [5.41, 5.74) is 1.88. The number of rotatable bonds is 1. The van der Waals surface area contributed by atoms with Gasteiger partial charge in [0.05, 0.1) is 0 Å². The fourth-order valence-electron chi connectivity index (χ4n) is 1.88. The number of hydrogen-bond donors (Lipinski definition) is 2. The van der Waals surface area contributed by atoms with Gasteiger partial charge in [-0.15, -0.1) is 0 Å². The Balaban J connectivity index is 2.28. The predicted molar refractivity (Wildman–Crippen MR) is 63.2 cm³/mol. The molecule has 0 atom stereocenters. The van der Waals surface area contributed by atoms with E-state index in [1.54, 1.807) is 24.3 Å². The molecule has 1 heterocycles. The van der Waals surface area contributed by atoms with Crippen molar-refractivity contribution in [3.63, 3.8) is 0 Å². The van der Waals surface area contributed by atoms with E-state index in [0.29, 0.717) is 16.8 Å². The normalized spacial score (nSPS) is 10.9. The number of aromatic nitrogens is 2. The summed E-state index contributed by atoms with van der Waals surface area (Å²) in [7, 11) is 0. The fourth-order valence-corrected chi connectivity index (χ4v) is 1.88. The number of phenols is 1. The molecule has 0 fully saturated rings. The second kappa shape index (κ2) is 3.59. The van der Waals surface area contributed by atoms with Gasteiger partial charge in [0.1, 0.15) is 22.8 Å². The largest absolute Gasteiger partial charge is 0.506 e. The molecule has 0 amide bonds. The molecule has 0 unspecified atom stereocenters. The van der Waals surface area contributed by atoms with Crippen LogP contribution in [0.1, 0.15) is 0 Å². The summed E-state index contributed by atoms with van der Waals surface area (Å²) in [6.45, 7) is 0. The molecule has 84 valence electrons. The third-order valence-corrected chi connectivity index (χ3v) is 2.68. The Bertz CT molecular complexity index is 691. The molecule has 2 aromatic carbocycles. The third kappa shape index (κ3) is 1.54. The van der Waals surface area contributed by atoms with E-state index < -0.39 is 0 Å². The zero-order valence-corrected chi connectivity index (χ0v) is 8.81. The summed E-state index contributed by atoms with van der Waals surface area (Å²) >= 11 is 0. The number of aromatic amines is 1. The van der Waals surface area contributed by atoms with E-state index >= 15 is 0 Å². The highest BCUT2D eigenvalue weighted by atomic mass is 19.1. The molecule has 3 rings (SSSR count). The second-order valence-electron chi connectivity index (χ2n) is 3.78. The molecule has 0 bridgehead atoms. The first-order valence-corrected chi connectivity index (χ1v) is 5.18. The zero-order valence-electron chi connectivity index (χ0n) is 8.81. The number of para-hydroxylation sites is 1. The van der Waals surface area contributed by atoms with Crippen molar-refractivity contribution in [3.05, 3.63) is 48.3 Å². The van der Waals surface area contributed by atoms with Crippen LogP contribution < -0.4 is 0 Å². The van der Waals surface area contributed by atoms with Gasteiger partial charge < -0.3 is 5.11 Å². The highest BCUT2D eigenvalue weighted by Gasteiger charge is 2.10. The third-order valence-electron chi connectivity index (χ3n) is 2.68. The Morgan fingerprint density at radius 3 is 2.76 bits per heavy atom. The van der Waals surface area contributed by atoms with Crippen molar-refractivity contribution in [1.82, 2.24) is 10.2 Å². The maximum absolute atomic E-state index is 13.2. The summed E-state index contributed by atoms with van der Waals surface area (Å²) in [6.07, 6.45) is 0. The van der Waals surface area contributed by atoms with Gasteiger partial charge in [-0.3, -0.25) is 5.10 Å². The standard InChI is InChI=1S/C13H9FN2O/c14-9-4-1-3-8(7-9)12-10-5-2-6-11(17)13(10)16-15-12/h1-7,17H,(H,15,16). The van der Waals surface area contributed by atoms with E-state index in [2.05, 4.69) is 10.2 Å². The van der Waals surface area contributed by atoms with Crippen LogP contribution >= 0.6 is 0 Å². The molecule has 0 aliphatic carbocycles. The number of H-pyrrole nitrogens is 1. The van der Waals surface area contributed by atoms with Gasteiger partial charge in [0.25, 0.3) is 0 Å². The van der Waals surface area contributed by atoms with Crippen LogP contribution in [0.25, 0.3) is 22.2 Å². The molecule has 4 heteroatoms. The average molecular weight is 228 g/mol. The van der Waals surface area contributed by atoms with Crippen LogP contribution in [0.4, 0.5) is 4.39 Å². The van der Waals surface area contributed by atoms with Crippen molar-refractivity contribution in [2.24, 2.45) is 0 Å². The number of nitrogens with one attached hydrogen (secondary N) is 1. The topological polar surface area (TPSA) is 48.9 Å². The fraction of sp³-hybridized carbons (Fsp3) is 0. The lowest BCUT2D eigenvalue weighted by molar-refractivity contribution is 0.480. The van der Waals surface area contributed by atoms with Gasteiger partial charge in [-0.05, 0) is 18.2 Å². The average Bonchev–Trinajstić information content (AvgIpc) is 2.74. The first kappa shape index (κ1) is 9.84. The Kier molecular flexibility index (Phi) is 2.08. The van der Waals surface area contributed by atoms with Gasteiger partial charge in [-0.1, -0.05) is 24.3 Å². The number of benzene rings is 2. The zero-order chi connectivity index (χ0) is 11.8. The number of phenolic OH excluding ortho intramolecular Hbond substituents is 1. The van der Waals surface area contributed by atoms with Crippen LogP contribution in [-0.2, 0) is 0 Å². The maximum atomic E-state index is 13.2. The van der Waals surface area contributed by atoms with Crippen molar-refractivity contribution in [1.29, 1.82) is 0 Å². The minimum absolute atomic E-state index is 0.137. The summed E-state index contributed by atoms with van der Waals surface area (Å²) < 4.78 is 13.2. The molecule has 2 N–H and O–H groups in total. The molecule has 0 spiro atoms. The van der Waals surface area contributed by atoms with Crippen LogP contribution in [0.2, 0.25) is 0 Å². The van der Waals surface area contributed by atoms with Crippen LogP contribution in [0, 0.1) is 5.82 Å². The van der Waals surface area contributed by atoms with E-state index in [0.717, 1.165) is 5.39 Å². The van der Waals surface area contributed by atoms with Crippen LogP contribution in [0.5, 0.6) is 5.75 Å². The lowest BCUT2D eigenvalue weighted by Crippen LogP contribution is -1.80. The summed E-state index contributed by atoms with van der Waals surface area (Å²) in [6, 6.07) is 11.4. The predicted octanol–water partition coefficient (Wildman–Crippen LogP) is 3.07. The van der Waals surface area contributed by atoms with Gasteiger partial charge >= 0.3 is 0 Å². The van der Waals surface area contributed by atoms with Gasteiger partial charge in [0.2, 0.25) is 0 Å². The van der Waals surface area contributed by atoms with E-state index in [1.807, 2.05) is 6.07 Å². The molecule has 3 aromatic rings. The Hall–Kier alpha value is -2.36. The number of halogens is 1. The maximum Gasteiger partial charge on any atom is 0.141 e. The first-order valence-electron chi connectivity index (χ1n) is 5.18. The second-order valence-corrected chi connectivity index (χ2v) is 3.78. The van der Waals surface area contributed by atoms with E-state index in [-0.39, 0.29) is 11.6 Å².